The van der Waals surface area contributed by atoms with E-state index in [0.717, 1.165) is 0 Å². The van der Waals surface area contributed by atoms with Crippen molar-refractivity contribution >= 4 is 23.5 Å². The second-order valence-electron chi connectivity index (χ2n) is 5.85. The fraction of sp³-hybridized carbons (Fsp3) is 0.211. The van der Waals surface area contributed by atoms with Crippen LogP contribution in [-0.4, -0.2) is 22.9 Å². The fourth-order valence-electron chi connectivity index (χ4n) is 2.71. The number of carboxylic acids is 1. The lowest BCUT2D eigenvalue weighted by atomic mass is 10.0. The van der Waals surface area contributed by atoms with Crippen molar-refractivity contribution in [3.63, 3.8) is 0 Å². The molecular weight excluding hydrogens is 334 g/mol. The van der Waals surface area contributed by atoms with Gasteiger partial charge in [-0.15, -0.1) is 0 Å². The summed E-state index contributed by atoms with van der Waals surface area (Å²) >= 11 is 0. The standard InChI is InChI=1S/C19H17N3O4/c23-16(10-5-11-17(24)25)20-13-7-2-1-6-12(13)18-19(26)22-15-9-4-3-8-14(15)21-18/h1-4,6-9,18H,5,10-11H2,(H,20,23)(H,24,25). The predicted octanol–water partition coefficient (Wildman–Crippen LogP) is 1.40. The highest BCUT2D eigenvalue weighted by molar-refractivity contribution is 5.94. The molecule has 26 heavy (non-hydrogen) atoms. The number of amides is 2. The van der Waals surface area contributed by atoms with Crippen molar-refractivity contribution in [3.05, 3.63) is 64.8 Å². The minimum Gasteiger partial charge on any atom is -0.481 e. The summed E-state index contributed by atoms with van der Waals surface area (Å²) in [7, 11) is 0. The number of carbonyl (C=O) groups is 3. The van der Waals surface area contributed by atoms with Gasteiger partial charge in [0.15, 0.2) is 6.04 Å². The van der Waals surface area contributed by atoms with Gasteiger partial charge in [0, 0.05) is 24.1 Å². The third kappa shape index (κ3) is 4.00. The second-order valence-corrected chi connectivity index (χ2v) is 5.85. The van der Waals surface area contributed by atoms with E-state index in [1.54, 1.807) is 42.5 Å². The SMILES string of the molecule is O=C(O)CCCC(=O)Nc1ccccc1C1N=c2ccccc2=NC1=O. The first-order valence-corrected chi connectivity index (χ1v) is 8.20. The van der Waals surface area contributed by atoms with Crippen LogP contribution in [0, 0.1) is 0 Å². The van der Waals surface area contributed by atoms with Gasteiger partial charge in [-0.1, -0.05) is 30.3 Å². The van der Waals surface area contributed by atoms with E-state index in [1.807, 2.05) is 6.07 Å². The van der Waals surface area contributed by atoms with E-state index in [2.05, 4.69) is 15.3 Å². The lowest BCUT2D eigenvalue weighted by Crippen LogP contribution is -2.33. The van der Waals surface area contributed by atoms with Gasteiger partial charge in [0.1, 0.15) is 0 Å². The molecule has 7 heteroatoms. The minimum absolute atomic E-state index is 0.0683. The summed E-state index contributed by atoms with van der Waals surface area (Å²) < 4.78 is 0. The molecule has 2 N–H and O–H groups in total. The van der Waals surface area contributed by atoms with Crippen molar-refractivity contribution in [1.82, 2.24) is 0 Å². The number of carboxylic acid groups (broad SMARTS) is 1. The molecule has 0 saturated carbocycles. The molecule has 3 rings (SSSR count). The molecule has 7 nitrogen and oxygen atoms in total. The van der Waals surface area contributed by atoms with Crippen LogP contribution in [-0.2, 0) is 14.4 Å². The van der Waals surface area contributed by atoms with Crippen LogP contribution >= 0.6 is 0 Å². The molecule has 0 fully saturated rings. The van der Waals surface area contributed by atoms with E-state index in [9.17, 15) is 14.4 Å². The Hall–Kier alpha value is -3.35. The van der Waals surface area contributed by atoms with Crippen molar-refractivity contribution < 1.29 is 19.5 Å². The molecule has 1 unspecified atom stereocenters. The summed E-state index contributed by atoms with van der Waals surface area (Å²) in [5.74, 6) is -1.64. The molecule has 0 aromatic heterocycles. The smallest absolute Gasteiger partial charge is 0.303 e. The van der Waals surface area contributed by atoms with Gasteiger partial charge < -0.3 is 10.4 Å². The van der Waals surface area contributed by atoms with E-state index in [1.165, 1.54) is 0 Å². The zero-order chi connectivity index (χ0) is 18.5. The summed E-state index contributed by atoms with van der Waals surface area (Å²) in [5, 5.41) is 12.5. The van der Waals surface area contributed by atoms with E-state index in [0.29, 0.717) is 22.0 Å². The highest BCUT2D eigenvalue weighted by Crippen LogP contribution is 2.27. The fourth-order valence-corrected chi connectivity index (χ4v) is 2.71. The summed E-state index contributed by atoms with van der Waals surface area (Å²) in [6.45, 7) is 0. The van der Waals surface area contributed by atoms with Gasteiger partial charge in [-0.25, -0.2) is 4.99 Å². The Labute approximate surface area is 149 Å². The molecule has 2 amide bonds. The van der Waals surface area contributed by atoms with Crippen LogP contribution in [0.2, 0.25) is 0 Å². The highest BCUT2D eigenvalue weighted by atomic mass is 16.4. The average molecular weight is 351 g/mol. The Kier molecular flexibility index (Phi) is 5.17. The third-order valence-corrected chi connectivity index (χ3v) is 3.94. The van der Waals surface area contributed by atoms with E-state index in [4.69, 9.17) is 5.11 Å². The van der Waals surface area contributed by atoms with Gasteiger partial charge >= 0.3 is 5.97 Å². The largest absolute Gasteiger partial charge is 0.481 e. The number of nitrogens with zero attached hydrogens (tertiary/aromatic N) is 2. The Morgan fingerprint density at radius 1 is 1.00 bits per heavy atom. The maximum Gasteiger partial charge on any atom is 0.303 e. The third-order valence-electron chi connectivity index (χ3n) is 3.94. The molecule has 1 aliphatic heterocycles. The van der Waals surface area contributed by atoms with Crippen molar-refractivity contribution in [2.75, 3.05) is 5.32 Å². The van der Waals surface area contributed by atoms with Crippen LogP contribution in [0.5, 0.6) is 0 Å². The molecule has 1 aliphatic rings. The number of fused-ring (bicyclic) bond motifs is 1. The number of hydrogen-bond acceptors (Lipinski definition) is 4. The normalized spacial score (nSPS) is 15.4. The summed E-state index contributed by atoms with van der Waals surface area (Å²) in [5.41, 5.74) is 1.03. The minimum atomic E-state index is -0.940. The van der Waals surface area contributed by atoms with Gasteiger partial charge in [-0.3, -0.25) is 19.4 Å². The van der Waals surface area contributed by atoms with Crippen LogP contribution in [0.1, 0.15) is 30.9 Å². The number of para-hydroxylation sites is 3. The number of hydrogen-bond donors (Lipinski definition) is 2. The van der Waals surface area contributed by atoms with Crippen molar-refractivity contribution in [2.24, 2.45) is 9.98 Å². The maximum absolute atomic E-state index is 12.4. The van der Waals surface area contributed by atoms with E-state index >= 15 is 0 Å². The van der Waals surface area contributed by atoms with Gasteiger partial charge in [0.2, 0.25) is 5.91 Å². The Morgan fingerprint density at radius 3 is 2.46 bits per heavy atom. The molecule has 2 aromatic rings. The molecule has 2 aromatic carbocycles. The quantitative estimate of drug-likeness (QED) is 0.820. The van der Waals surface area contributed by atoms with Crippen LogP contribution < -0.4 is 16.0 Å². The molecule has 1 heterocycles. The van der Waals surface area contributed by atoms with Gasteiger partial charge in [0.25, 0.3) is 5.91 Å². The number of rotatable bonds is 6. The molecule has 1 atom stereocenters. The first-order chi connectivity index (χ1) is 12.5. The van der Waals surface area contributed by atoms with Crippen molar-refractivity contribution in [3.8, 4) is 0 Å². The topological polar surface area (TPSA) is 108 Å². The number of nitrogens with one attached hydrogen (secondary N) is 1. The number of benzene rings is 2. The van der Waals surface area contributed by atoms with Gasteiger partial charge in [-0.05, 0) is 24.6 Å². The van der Waals surface area contributed by atoms with Crippen LogP contribution in [0.4, 0.5) is 5.69 Å². The summed E-state index contributed by atoms with van der Waals surface area (Å²) in [6.07, 6.45) is 0.267. The number of aliphatic carboxylic acids is 1. The lowest BCUT2D eigenvalue weighted by molar-refractivity contribution is -0.137. The summed E-state index contributed by atoms with van der Waals surface area (Å²) in [6, 6.07) is 13.2. The van der Waals surface area contributed by atoms with Crippen molar-refractivity contribution in [1.29, 1.82) is 0 Å². The van der Waals surface area contributed by atoms with E-state index < -0.39 is 17.9 Å². The Bertz CT molecular complexity index is 984. The predicted molar refractivity (Wildman–Crippen MR) is 93.1 cm³/mol. The van der Waals surface area contributed by atoms with E-state index in [-0.39, 0.29) is 25.2 Å². The molecule has 0 bridgehead atoms. The molecule has 0 spiro atoms. The van der Waals surface area contributed by atoms with Crippen molar-refractivity contribution in [2.45, 2.75) is 25.3 Å². The van der Waals surface area contributed by atoms with Crippen LogP contribution in [0.15, 0.2) is 58.5 Å². The molecule has 0 radical (unpaired) electrons. The molecule has 0 aliphatic carbocycles. The molecule has 132 valence electrons. The lowest BCUT2D eigenvalue weighted by Gasteiger charge is -2.16. The molecule has 0 saturated heterocycles. The number of carbonyl (C=O) groups excluding carboxylic acids is 2. The highest BCUT2D eigenvalue weighted by Gasteiger charge is 2.24. The number of anilines is 1. The zero-order valence-electron chi connectivity index (χ0n) is 13.9. The average Bonchev–Trinajstić information content (AvgIpc) is 2.61. The van der Waals surface area contributed by atoms with Crippen LogP contribution in [0.3, 0.4) is 0 Å². The van der Waals surface area contributed by atoms with Crippen LogP contribution in [0.25, 0.3) is 0 Å². The Balaban J connectivity index is 1.84. The maximum atomic E-state index is 12.4. The summed E-state index contributed by atoms with van der Waals surface area (Å²) in [4.78, 5) is 43.6. The van der Waals surface area contributed by atoms with Gasteiger partial charge in [-0.2, -0.15) is 0 Å². The first-order valence-electron chi connectivity index (χ1n) is 8.20. The zero-order valence-corrected chi connectivity index (χ0v) is 13.9. The second kappa shape index (κ2) is 7.69. The Morgan fingerprint density at radius 2 is 1.69 bits per heavy atom. The first kappa shape index (κ1) is 17.5. The van der Waals surface area contributed by atoms with Gasteiger partial charge in [0.05, 0.1) is 10.7 Å². The monoisotopic (exact) mass is 351 g/mol. The molecular formula is C19H17N3O4.